The van der Waals surface area contributed by atoms with Gasteiger partial charge in [-0.15, -0.1) is 0 Å². The fourth-order valence-corrected chi connectivity index (χ4v) is 1.39. The molecule has 16 heavy (non-hydrogen) atoms. The zero-order chi connectivity index (χ0) is 11.4. The van der Waals surface area contributed by atoms with Crippen molar-refractivity contribution in [3.63, 3.8) is 0 Å². The molecule has 5 nitrogen and oxygen atoms in total. The Kier molecular flexibility index (Phi) is 3.05. The first-order chi connectivity index (χ1) is 7.81. The average molecular weight is 220 g/mol. The summed E-state index contributed by atoms with van der Waals surface area (Å²) < 4.78 is 11.3. The number of para-hydroxylation sites is 2. The van der Waals surface area contributed by atoms with Crippen molar-refractivity contribution in [2.24, 2.45) is 0 Å². The number of rotatable bonds is 3. The molecule has 0 aliphatic rings. The smallest absolute Gasteiger partial charge is 0.435 e. The molecule has 0 aliphatic carbocycles. The van der Waals surface area contributed by atoms with E-state index in [0.717, 1.165) is 11.0 Å². The van der Waals surface area contributed by atoms with Crippen LogP contribution in [0.5, 0.6) is 0 Å². The molecule has 0 amide bonds. The van der Waals surface area contributed by atoms with Crippen LogP contribution in [0.15, 0.2) is 30.6 Å². The molecule has 0 atom stereocenters. The highest BCUT2D eigenvalue weighted by Crippen LogP contribution is 2.11. The number of hydrogen-bond donors (Lipinski definition) is 0. The lowest BCUT2D eigenvalue weighted by Crippen LogP contribution is -2.10. The van der Waals surface area contributed by atoms with E-state index >= 15 is 0 Å². The topological polar surface area (TPSA) is 53.4 Å². The first-order valence-electron chi connectivity index (χ1n) is 5.00. The van der Waals surface area contributed by atoms with Crippen molar-refractivity contribution in [1.29, 1.82) is 0 Å². The van der Waals surface area contributed by atoms with Crippen LogP contribution in [0, 0.1) is 0 Å². The monoisotopic (exact) mass is 220 g/mol. The molecule has 0 fully saturated rings. The molecule has 2 rings (SSSR count). The van der Waals surface area contributed by atoms with Crippen LogP contribution in [0.4, 0.5) is 4.79 Å². The lowest BCUT2D eigenvalue weighted by Gasteiger charge is -2.05. The first-order valence-corrected chi connectivity index (χ1v) is 5.00. The Morgan fingerprint density at radius 3 is 3.00 bits per heavy atom. The Morgan fingerprint density at radius 2 is 2.19 bits per heavy atom. The van der Waals surface area contributed by atoms with Gasteiger partial charge in [-0.2, -0.15) is 0 Å². The Morgan fingerprint density at radius 1 is 1.38 bits per heavy atom. The molecular weight excluding hydrogens is 208 g/mol. The SMILES string of the molecule is CCOC(=O)OCn1cnc2ccccc21. The predicted molar refractivity (Wildman–Crippen MR) is 57.8 cm³/mol. The standard InChI is InChI=1S/C11H12N2O3/c1-2-15-11(14)16-8-13-7-12-9-5-3-4-6-10(9)13/h3-7H,2,8H2,1H3. The van der Waals surface area contributed by atoms with Gasteiger partial charge in [-0.25, -0.2) is 9.78 Å². The summed E-state index contributed by atoms with van der Waals surface area (Å²) in [6.07, 6.45) is 0.962. The van der Waals surface area contributed by atoms with Gasteiger partial charge in [0.2, 0.25) is 0 Å². The largest absolute Gasteiger partial charge is 0.510 e. The second-order valence-electron chi connectivity index (χ2n) is 3.16. The number of nitrogens with zero attached hydrogens (tertiary/aromatic N) is 2. The molecule has 0 spiro atoms. The number of carbonyl (C=O) groups is 1. The third kappa shape index (κ3) is 2.13. The van der Waals surface area contributed by atoms with Gasteiger partial charge in [0, 0.05) is 0 Å². The summed E-state index contributed by atoms with van der Waals surface area (Å²) in [6, 6.07) is 7.63. The summed E-state index contributed by atoms with van der Waals surface area (Å²) in [7, 11) is 0. The first kappa shape index (κ1) is 10.5. The Bertz CT molecular complexity index is 493. The van der Waals surface area contributed by atoms with Crippen LogP contribution in [0.25, 0.3) is 11.0 Å². The summed E-state index contributed by atoms with van der Waals surface area (Å²) in [5.41, 5.74) is 1.79. The summed E-state index contributed by atoms with van der Waals surface area (Å²) in [5.74, 6) is 0. The molecule has 1 aromatic heterocycles. The van der Waals surface area contributed by atoms with Crippen LogP contribution < -0.4 is 0 Å². The Balaban J connectivity index is 2.07. The van der Waals surface area contributed by atoms with Crippen LogP contribution in [-0.4, -0.2) is 22.3 Å². The quantitative estimate of drug-likeness (QED) is 0.744. The lowest BCUT2D eigenvalue weighted by atomic mass is 10.3. The summed E-state index contributed by atoms with van der Waals surface area (Å²) in [5, 5.41) is 0. The number of ether oxygens (including phenoxy) is 2. The van der Waals surface area contributed by atoms with Crippen LogP contribution in [-0.2, 0) is 16.2 Å². The molecular formula is C11H12N2O3. The molecule has 0 aliphatic heterocycles. The minimum atomic E-state index is -0.666. The Hall–Kier alpha value is -2.04. The van der Waals surface area contributed by atoms with Crippen molar-refractivity contribution in [2.75, 3.05) is 6.61 Å². The summed E-state index contributed by atoms with van der Waals surface area (Å²) in [6.45, 7) is 2.15. The maximum absolute atomic E-state index is 11.0. The maximum atomic E-state index is 11.0. The number of imidazole rings is 1. The summed E-state index contributed by atoms with van der Waals surface area (Å²) >= 11 is 0. The van der Waals surface area contributed by atoms with Gasteiger partial charge < -0.3 is 9.47 Å². The van der Waals surface area contributed by atoms with Gasteiger partial charge in [0.15, 0.2) is 6.73 Å². The van der Waals surface area contributed by atoms with Gasteiger partial charge in [0.1, 0.15) is 0 Å². The van der Waals surface area contributed by atoms with E-state index in [1.807, 2.05) is 24.3 Å². The third-order valence-electron chi connectivity index (χ3n) is 2.11. The van der Waals surface area contributed by atoms with E-state index in [0.29, 0.717) is 6.61 Å². The minimum Gasteiger partial charge on any atom is -0.435 e. The normalized spacial score (nSPS) is 10.3. The van der Waals surface area contributed by atoms with Gasteiger partial charge in [0.05, 0.1) is 24.0 Å². The number of fused-ring (bicyclic) bond motifs is 1. The molecule has 0 saturated heterocycles. The highest BCUT2D eigenvalue weighted by molar-refractivity contribution is 5.74. The maximum Gasteiger partial charge on any atom is 0.510 e. The van der Waals surface area contributed by atoms with Gasteiger partial charge in [-0.3, -0.25) is 4.57 Å². The Labute approximate surface area is 92.6 Å². The molecule has 0 bridgehead atoms. The lowest BCUT2D eigenvalue weighted by molar-refractivity contribution is 0.0380. The van der Waals surface area contributed by atoms with Crippen molar-refractivity contribution >= 4 is 17.2 Å². The zero-order valence-corrected chi connectivity index (χ0v) is 8.92. The fourth-order valence-electron chi connectivity index (χ4n) is 1.39. The second kappa shape index (κ2) is 4.65. The third-order valence-corrected chi connectivity index (χ3v) is 2.11. The minimum absolute atomic E-state index is 0.110. The predicted octanol–water partition coefficient (Wildman–Crippen LogP) is 2.17. The van der Waals surface area contributed by atoms with Crippen molar-refractivity contribution in [3.05, 3.63) is 30.6 Å². The van der Waals surface area contributed by atoms with Crippen molar-refractivity contribution < 1.29 is 14.3 Å². The average Bonchev–Trinajstić information content (AvgIpc) is 2.70. The molecule has 0 saturated carbocycles. The highest BCUT2D eigenvalue weighted by Gasteiger charge is 2.05. The van der Waals surface area contributed by atoms with E-state index in [2.05, 4.69) is 9.72 Å². The van der Waals surface area contributed by atoms with E-state index in [9.17, 15) is 4.79 Å². The molecule has 5 heteroatoms. The molecule has 0 N–H and O–H groups in total. The van der Waals surface area contributed by atoms with Gasteiger partial charge in [0.25, 0.3) is 0 Å². The molecule has 0 unspecified atom stereocenters. The van der Waals surface area contributed by atoms with Crippen LogP contribution in [0.3, 0.4) is 0 Å². The van der Waals surface area contributed by atoms with E-state index in [1.54, 1.807) is 17.8 Å². The molecule has 1 heterocycles. The van der Waals surface area contributed by atoms with Crippen molar-refractivity contribution in [2.45, 2.75) is 13.7 Å². The highest BCUT2D eigenvalue weighted by atomic mass is 16.7. The number of carbonyl (C=O) groups excluding carboxylic acids is 1. The summed E-state index contributed by atoms with van der Waals surface area (Å²) in [4.78, 5) is 15.2. The van der Waals surface area contributed by atoms with E-state index in [-0.39, 0.29) is 6.73 Å². The molecule has 0 radical (unpaired) electrons. The van der Waals surface area contributed by atoms with Crippen molar-refractivity contribution in [3.8, 4) is 0 Å². The van der Waals surface area contributed by atoms with E-state index in [4.69, 9.17) is 4.74 Å². The van der Waals surface area contributed by atoms with Crippen LogP contribution in [0.1, 0.15) is 6.92 Å². The van der Waals surface area contributed by atoms with Crippen molar-refractivity contribution in [1.82, 2.24) is 9.55 Å². The van der Waals surface area contributed by atoms with Gasteiger partial charge in [-0.05, 0) is 19.1 Å². The molecule has 2 aromatic rings. The van der Waals surface area contributed by atoms with E-state index in [1.165, 1.54) is 0 Å². The van der Waals surface area contributed by atoms with Crippen LogP contribution in [0.2, 0.25) is 0 Å². The van der Waals surface area contributed by atoms with Gasteiger partial charge in [-0.1, -0.05) is 12.1 Å². The second-order valence-corrected chi connectivity index (χ2v) is 3.16. The van der Waals surface area contributed by atoms with Gasteiger partial charge >= 0.3 is 6.16 Å². The number of aromatic nitrogens is 2. The molecule has 84 valence electrons. The number of benzene rings is 1. The fraction of sp³-hybridized carbons (Fsp3) is 0.273. The number of hydrogen-bond acceptors (Lipinski definition) is 4. The zero-order valence-electron chi connectivity index (χ0n) is 8.92. The molecule has 1 aromatic carbocycles. The van der Waals surface area contributed by atoms with Crippen LogP contribution >= 0.6 is 0 Å². The van der Waals surface area contributed by atoms with E-state index < -0.39 is 6.16 Å².